The van der Waals surface area contributed by atoms with Gasteiger partial charge in [0.25, 0.3) is 0 Å². The third-order valence-electron chi connectivity index (χ3n) is 2.12. The zero-order valence-electron chi connectivity index (χ0n) is 8.45. The minimum absolute atomic E-state index is 0.373. The number of benzene rings is 1. The van der Waals surface area contributed by atoms with Crippen LogP contribution in [0.2, 0.25) is 0 Å². The van der Waals surface area contributed by atoms with Gasteiger partial charge in [-0.05, 0) is 49.6 Å². The summed E-state index contributed by atoms with van der Waals surface area (Å²) in [4.78, 5) is 4.11. The standard InChI is InChI=1S/C10H9Br2N3O/c1-5-14-10(15-16-5)9(13)6-2-3-7(11)8(12)4-6/h2-4,9H,13H2,1H3. The first kappa shape index (κ1) is 11.8. The Morgan fingerprint density at radius 3 is 2.62 bits per heavy atom. The van der Waals surface area contributed by atoms with E-state index >= 15 is 0 Å². The maximum atomic E-state index is 6.03. The number of nitrogens with two attached hydrogens (primary N) is 1. The highest BCUT2D eigenvalue weighted by Gasteiger charge is 2.15. The van der Waals surface area contributed by atoms with Crippen LogP contribution < -0.4 is 5.73 Å². The van der Waals surface area contributed by atoms with E-state index < -0.39 is 0 Å². The van der Waals surface area contributed by atoms with Crippen LogP contribution in [-0.2, 0) is 0 Å². The van der Waals surface area contributed by atoms with Gasteiger partial charge < -0.3 is 10.3 Å². The lowest BCUT2D eigenvalue weighted by atomic mass is 10.1. The number of nitrogens with zero attached hydrogens (tertiary/aromatic N) is 2. The summed E-state index contributed by atoms with van der Waals surface area (Å²) in [5, 5.41) is 3.81. The molecule has 0 aliphatic heterocycles. The van der Waals surface area contributed by atoms with Crippen LogP contribution in [0.3, 0.4) is 0 Å². The largest absolute Gasteiger partial charge is 0.340 e. The predicted octanol–water partition coefficient (Wildman–Crippen LogP) is 2.95. The minimum Gasteiger partial charge on any atom is -0.340 e. The van der Waals surface area contributed by atoms with Crippen LogP contribution in [0.4, 0.5) is 0 Å². The highest BCUT2D eigenvalue weighted by Crippen LogP contribution is 2.27. The van der Waals surface area contributed by atoms with Crippen LogP contribution in [0.15, 0.2) is 31.7 Å². The van der Waals surface area contributed by atoms with E-state index in [4.69, 9.17) is 10.3 Å². The Morgan fingerprint density at radius 2 is 2.06 bits per heavy atom. The molecule has 2 N–H and O–H groups in total. The second-order valence-corrected chi connectivity index (χ2v) is 5.03. The molecule has 1 aromatic heterocycles. The first-order chi connectivity index (χ1) is 7.58. The Morgan fingerprint density at radius 1 is 1.31 bits per heavy atom. The molecule has 0 spiro atoms. The van der Waals surface area contributed by atoms with Crippen molar-refractivity contribution in [1.82, 2.24) is 10.1 Å². The molecule has 0 radical (unpaired) electrons. The van der Waals surface area contributed by atoms with Crippen LogP contribution in [-0.4, -0.2) is 10.1 Å². The van der Waals surface area contributed by atoms with Gasteiger partial charge in [-0.25, -0.2) is 0 Å². The molecule has 0 aliphatic carbocycles. The summed E-state index contributed by atoms with van der Waals surface area (Å²) in [5.41, 5.74) is 6.95. The molecule has 1 aromatic carbocycles. The van der Waals surface area contributed by atoms with Crippen LogP contribution in [0.25, 0.3) is 0 Å². The Hall–Kier alpha value is -0.720. The lowest BCUT2D eigenvalue weighted by Gasteiger charge is -2.08. The molecule has 1 unspecified atom stereocenters. The van der Waals surface area contributed by atoms with Crippen LogP contribution in [0.1, 0.15) is 23.3 Å². The molecule has 2 aromatic rings. The molecule has 0 amide bonds. The second-order valence-electron chi connectivity index (χ2n) is 3.32. The van der Waals surface area contributed by atoms with Gasteiger partial charge in [0, 0.05) is 15.9 Å². The fourth-order valence-corrected chi connectivity index (χ4v) is 1.94. The summed E-state index contributed by atoms with van der Waals surface area (Å²) in [6, 6.07) is 5.40. The molecule has 16 heavy (non-hydrogen) atoms. The SMILES string of the molecule is Cc1nc(C(N)c2ccc(Br)c(Br)c2)no1. The van der Waals surface area contributed by atoms with E-state index in [0.717, 1.165) is 14.5 Å². The van der Waals surface area contributed by atoms with E-state index in [1.54, 1.807) is 6.92 Å². The smallest absolute Gasteiger partial charge is 0.223 e. The van der Waals surface area contributed by atoms with Gasteiger partial charge in [-0.3, -0.25) is 0 Å². The maximum Gasteiger partial charge on any atom is 0.223 e. The van der Waals surface area contributed by atoms with E-state index in [2.05, 4.69) is 42.0 Å². The first-order valence-electron chi connectivity index (χ1n) is 4.58. The summed E-state index contributed by atoms with van der Waals surface area (Å²) >= 11 is 6.83. The van der Waals surface area contributed by atoms with Gasteiger partial charge >= 0.3 is 0 Å². The lowest BCUT2D eigenvalue weighted by Crippen LogP contribution is -2.13. The fraction of sp³-hybridized carbons (Fsp3) is 0.200. The summed E-state index contributed by atoms with van der Waals surface area (Å²) in [6.07, 6.45) is 0. The van der Waals surface area contributed by atoms with Crippen LogP contribution >= 0.6 is 31.9 Å². The average molecular weight is 347 g/mol. The van der Waals surface area contributed by atoms with Crippen molar-refractivity contribution < 1.29 is 4.52 Å². The predicted molar refractivity (Wildman–Crippen MR) is 66.9 cm³/mol. The molecule has 84 valence electrons. The molecule has 1 atom stereocenters. The molecule has 0 bridgehead atoms. The maximum absolute atomic E-state index is 6.03. The molecule has 0 fully saturated rings. The van der Waals surface area contributed by atoms with Crippen molar-refractivity contribution in [1.29, 1.82) is 0 Å². The van der Waals surface area contributed by atoms with Gasteiger partial charge in [-0.15, -0.1) is 0 Å². The molecule has 4 nitrogen and oxygen atoms in total. The van der Waals surface area contributed by atoms with Crippen molar-refractivity contribution in [2.24, 2.45) is 5.73 Å². The molecular formula is C10H9Br2N3O. The van der Waals surface area contributed by atoms with Gasteiger partial charge in [0.15, 0.2) is 5.82 Å². The molecule has 6 heteroatoms. The number of hydrogen-bond donors (Lipinski definition) is 1. The molecular weight excluding hydrogens is 338 g/mol. The first-order valence-corrected chi connectivity index (χ1v) is 6.17. The van der Waals surface area contributed by atoms with Gasteiger partial charge in [-0.1, -0.05) is 11.2 Å². The topological polar surface area (TPSA) is 64.9 Å². The van der Waals surface area contributed by atoms with Crippen molar-refractivity contribution >= 4 is 31.9 Å². The number of hydrogen-bond acceptors (Lipinski definition) is 4. The van der Waals surface area contributed by atoms with Gasteiger partial charge in [0.05, 0.1) is 6.04 Å². The Bertz CT molecular complexity index is 513. The Kier molecular flexibility index (Phi) is 3.41. The normalized spacial score (nSPS) is 12.8. The molecule has 1 heterocycles. The Balaban J connectivity index is 2.33. The zero-order valence-corrected chi connectivity index (χ0v) is 11.6. The van der Waals surface area contributed by atoms with Crippen molar-refractivity contribution in [3.63, 3.8) is 0 Å². The summed E-state index contributed by atoms with van der Waals surface area (Å²) in [5.74, 6) is 1.01. The van der Waals surface area contributed by atoms with Crippen molar-refractivity contribution in [3.05, 3.63) is 44.4 Å². The highest BCUT2D eigenvalue weighted by atomic mass is 79.9. The van der Waals surface area contributed by atoms with Gasteiger partial charge in [-0.2, -0.15) is 4.98 Å². The Labute approximate surface area is 109 Å². The van der Waals surface area contributed by atoms with Gasteiger partial charge in [0.1, 0.15) is 0 Å². The molecule has 0 saturated carbocycles. The van der Waals surface area contributed by atoms with E-state index in [-0.39, 0.29) is 6.04 Å². The van der Waals surface area contributed by atoms with E-state index in [9.17, 15) is 0 Å². The van der Waals surface area contributed by atoms with E-state index in [0.29, 0.717) is 11.7 Å². The molecule has 0 saturated heterocycles. The lowest BCUT2D eigenvalue weighted by molar-refractivity contribution is 0.385. The summed E-state index contributed by atoms with van der Waals surface area (Å²) in [6.45, 7) is 1.74. The van der Waals surface area contributed by atoms with E-state index in [1.165, 1.54) is 0 Å². The monoisotopic (exact) mass is 345 g/mol. The van der Waals surface area contributed by atoms with Crippen LogP contribution in [0.5, 0.6) is 0 Å². The fourth-order valence-electron chi connectivity index (χ4n) is 1.30. The minimum atomic E-state index is -0.373. The zero-order chi connectivity index (χ0) is 11.7. The van der Waals surface area contributed by atoms with Gasteiger partial charge in [0.2, 0.25) is 5.89 Å². The third-order valence-corrected chi connectivity index (χ3v) is 4.00. The number of aromatic nitrogens is 2. The summed E-state index contributed by atoms with van der Waals surface area (Å²) in [7, 11) is 0. The number of rotatable bonds is 2. The number of aryl methyl sites for hydroxylation is 1. The quantitative estimate of drug-likeness (QED) is 0.907. The molecule has 2 rings (SSSR count). The van der Waals surface area contributed by atoms with Crippen LogP contribution in [0, 0.1) is 6.92 Å². The van der Waals surface area contributed by atoms with Crippen molar-refractivity contribution in [2.75, 3.05) is 0 Å². The summed E-state index contributed by atoms with van der Waals surface area (Å²) < 4.78 is 6.82. The highest BCUT2D eigenvalue weighted by molar-refractivity contribution is 9.13. The number of halogens is 2. The average Bonchev–Trinajstić information content (AvgIpc) is 2.68. The third kappa shape index (κ3) is 2.34. The van der Waals surface area contributed by atoms with Crippen molar-refractivity contribution in [3.8, 4) is 0 Å². The van der Waals surface area contributed by atoms with E-state index in [1.807, 2.05) is 18.2 Å². The van der Waals surface area contributed by atoms with Crippen molar-refractivity contribution in [2.45, 2.75) is 13.0 Å². The molecule has 0 aliphatic rings. The second kappa shape index (κ2) is 4.65.